The van der Waals surface area contributed by atoms with E-state index in [9.17, 15) is 8.78 Å². The minimum absolute atomic E-state index is 0.357. The van der Waals surface area contributed by atoms with Crippen molar-refractivity contribution >= 4 is 17.3 Å². The molecule has 11 heteroatoms. The Balaban J connectivity index is 1.34. The third-order valence-corrected chi connectivity index (χ3v) is 7.93. The van der Waals surface area contributed by atoms with Gasteiger partial charge in [0.2, 0.25) is 5.96 Å². The Bertz CT molecular complexity index is 1520. The molecule has 6 rings (SSSR count). The average Bonchev–Trinajstić information content (AvgIpc) is 3.42. The summed E-state index contributed by atoms with van der Waals surface area (Å²) in [6, 6.07) is 17.5. The molecule has 220 valence electrons. The number of anilines is 2. The molecule has 3 aliphatic heterocycles. The van der Waals surface area contributed by atoms with Crippen molar-refractivity contribution in [2.75, 3.05) is 57.3 Å². The number of rotatable bonds is 7. The summed E-state index contributed by atoms with van der Waals surface area (Å²) >= 11 is 0. The summed E-state index contributed by atoms with van der Waals surface area (Å²) in [6.45, 7) is 4.23. The standard InChI is InChI=1S/C31H34F2N6O3/c1-40-23-7-3-20(4-8-23)19-39-12-11-24-29(39)36-30(37-31(24,34)21-5-9-25(32)26(33)17-21)35-27-10-6-22(18-28(27)41-2)38-13-15-42-16-14-38/h3-10,17-18H,11-16,19,34H2,1-2H3,(H2,35,36,37). The first-order valence-electron chi connectivity index (χ1n) is 13.9. The smallest absolute Gasteiger partial charge is 0.204 e. The highest BCUT2D eigenvalue weighted by Gasteiger charge is 2.43. The number of guanidine groups is 1. The number of halogens is 2. The summed E-state index contributed by atoms with van der Waals surface area (Å²) < 4.78 is 44.8. The topological polar surface area (TPSA) is 96.6 Å². The van der Waals surface area contributed by atoms with Crippen molar-refractivity contribution in [1.82, 2.24) is 10.2 Å². The summed E-state index contributed by atoms with van der Waals surface area (Å²) in [5.74, 6) is 0.628. The van der Waals surface area contributed by atoms with Crippen LogP contribution >= 0.6 is 0 Å². The van der Waals surface area contributed by atoms with Crippen molar-refractivity contribution < 1.29 is 23.0 Å². The van der Waals surface area contributed by atoms with Gasteiger partial charge in [0, 0.05) is 49.1 Å². The van der Waals surface area contributed by atoms with Gasteiger partial charge < -0.3 is 34.6 Å². The van der Waals surface area contributed by atoms with Crippen LogP contribution in [0.5, 0.6) is 11.5 Å². The van der Waals surface area contributed by atoms with Gasteiger partial charge in [0.15, 0.2) is 17.3 Å². The zero-order valence-corrected chi connectivity index (χ0v) is 23.6. The van der Waals surface area contributed by atoms with E-state index in [1.807, 2.05) is 42.5 Å². The van der Waals surface area contributed by atoms with Gasteiger partial charge in [-0.2, -0.15) is 0 Å². The van der Waals surface area contributed by atoms with Gasteiger partial charge in [-0.1, -0.05) is 18.2 Å². The molecular weight excluding hydrogens is 542 g/mol. The molecule has 1 fully saturated rings. The van der Waals surface area contributed by atoms with E-state index in [1.54, 1.807) is 14.2 Å². The molecule has 0 aliphatic carbocycles. The van der Waals surface area contributed by atoms with E-state index < -0.39 is 17.3 Å². The van der Waals surface area contributed by atoms with Crippen LogP contribution in [0.25, 0.3) is 0 Å². The van der Waals surface area contributed by atoms with Crippen molar-refractivity contribution in [2.24, 2.45) is 10.7 Å². The largest absolute Gasteiger partial charge is 0.497 e. The van der Waals surface area contributed by atoms with Crippen LogP contribution in [0, 0.1) is 11.6 Å². The maximum atomic E-state index is 14.4. The molecular formula is C31H34F2N6O3. The van der Waals surface area contributed by atoms with Crippen LogP contribution in [0.4, 0.5) is 20.2 Å². The molecule has 3 aromatic carbocycles. The zero-order valence-electron chi connectivity index (χ0n) is 23.6. The van der Waals surface area contributed by atoms with Crippen molar-refractivity contribution in [3.05, 3.63) is 94.8 Å². The first-order chi connectivity index (χ1) is 20.4. The molecule has 1 unspecified atom stereocenters. The first-order valence-corrected chi connectivity index (χ1v) is 13.9. The minimum atomic E-state index is -1.42. The highest BCUT2D eigenvalue weighted by molar-refractivity contribution is 5.97. The number of benzene rings is 3. The molecule has 1 atom stereocenters. The number of morpholine rings is 1. The molecule has 42 heavy (non-hydrogen) atoms. The van der Waals surface area contributed by atoms with Gasteiger partial charge in [0.05, 0.1) is 33.1 Å². The van der Waals surface area contributed by atoms with Gasteiger partial charge in [-0.3, -0.25) is 5.73 Å². The quantitative estimate of drug-likeness (QED) is 0.387. The maximum absolute atomic E-state index is 14.4. The van der Waals surface area contributed by atoms with Crippen LogP contribution in [0.1, 0.15) is 17.5 Å². The van der Waals surface area contributed by atoms with Crippen LogP contribution in [-0.4, -0.2) is 57.9 Å². The highest BCUT2D eigenvalue weighted by Crippen LogP contribution is 2.41. The lowest BCUT2D eigenvalue weighted by Gasteiger charge is -2.35. The Morgan fingerprint density at radius 2 is 1.76 bits per heavy atom. The second-order valence-electron chi connectivity index (χ2n) is 10.4. The monoisotopic (exact) mass is 576 g/mol. The molecule has 0 spiro atoms. The van der Waals surface area contributed by atoms with Gasteiger partial charge in [-0.15, -0.1) is 0 Å². The van der Waals surface area contributed by atoms with Crippen molar-refractivity contribution in [3.63, 3.8) is 0 Å². The third-order valence-electron chi connectivity index (χ3n) is 7.93. The molecule has 0 radical (unpaired) electrons. The Morgan fingerprint density at radius 3 is 2.48 bits per heavy atom. The molecule has 0 aromatic heterocycles. The molecule has 0 saturated carbocycles. The summed E-state index contributed by atoms with van der Waals surface area (Å²) in [4.78, 5) is 9.26. The van der Waals surface area contributed by atoms with E-state index in [2.05, 4.69) is 20.4 Å². The van der Waals surface area contributed by atoms with E-state index in [1.165, 1.54) is 6.07 Å². The van der Waals surface area contributed by atoms with Gasteiger partial charge in [0.1, 0.15) is 17.3 Å². The SMILES string of the molecule is COc1ccc(CN2CCC3=C2NC(Nc2ccc(N4CCOCC4)cc2OC)=NC3(N)c2ccc(F)c(F)c2)cc1. The molecule has 3 heterocycles. The first kappa shape index (κ1) is 27.8. The number of nitrogens with two attached hydrogens (primary N) is 1. The van der Waals surface area contributed by atoms with E-state index in [0.717, 1.165) is 53.6 Å². The van der Waals surface area contributed by atoms with Gasteiger partial charge in [-0.25, -0.2) is 13.8 Å². The number of aliphatic imine (C=N–C) groups is 1. The number of hydrogen-bond donors (Lipinski definition) is 3. The minimum Gasteiger partial charge on any atom is -0.497 e. The molecule has 0 amide bonds. The van der Waals surface area contributed by atoms with Gasteiger partial charge >= 0.3 is 0 Å². The number of nitrogens with zero attached hydrogens (tertiary/aromatic N) is 3. The Hall–Kier alpha value is -4.35. The summed E-state index contributed by atoms with van der Waals surface area (Å²) in [5, 5.41) is 6.77. The highest BCUT2D eigenvalue weighted by atomic mass is 19.2. The van der Waals surface area contributed by atoms with Crippen LogP contribution in [-0.2, 0) is 16.9 Å². The second-order valence-corrected chi connectivity index (χ2v) is 10.4. The number of methoxy groups -OCH3 is 2. The number of hydrogen-bond acceptors (Lipinski definition) is 9. The fraction of sp³-hybridized carbons (Fsp3) is 0.323. The van der Waals surface area contributed by atoms with Crippen molar-refractivity contribution in [2.45, 2.75) is 18.6 Å². The van der Waals surface area contributed by atoms with Crippen molar-refractivity contribution in [3.8, 4) is 11.5 Å². The summed E-state index contributed by atoms with van der Waals surface area (Å²) in [6.07, 6.45) is 0.600. The van der Waals surface area contributed by atoms with Gasteiger partial charge in [-0.05, 0) is 48.4 Å². The number of nitrogens with one attached hydrogen (secondary N) is 2. The fourth-order valence-corrected chi connectivity index (χ4v) is 5.65. The Morgan fingerprint density at radius 1 is 0.976 bits per heavy atom. The molecule has 3 aromatic rings. The fourth-order valence-electron chi connectivity index (χ4n) is 5.65. The maximum Gasteiger partial charge on any atom is 0.204 e. The zero-order chi connectivity index (χ0) is 29.3. The Labute approximate surface area is 243 Å². The number of ether oxygens (including phenoxy) is 3. The van der Waals surface area contributed by atoms with E-state index >= 15 is 0 Å². The van der Waals surface area contributed by atoms with Crippen LogP contribution in [0.3, 0.4) is 0 Å². The average molecular weight is 577 g/mol. The third kappa shape index (κ3) is 5.33. The van der Waals surface area contributed by atoms with Gasteiger partial charge in [0.25, 0.3) is 0 Å². The predicted molar refractivity (Wildman–Crippen MR) is 157 cm³/mol. The summed E-state index contributed by atoms with van der Waals surface area (Å²) in [7, 11) is 3.25. The molecule has 9 nitrogen and oxygen atoms in total. The predicted octanol–water partition coefficient (Wildman–Crippen LogP) is 4.12. The normalized spacial score (nSPS) is 20.2. The lowest BCUT2D eigenvalue weighted by atomic mass is 9.90. The van der Waals surface area contributed by atoms with Crippen molar-refractivity contribution in [1.29, 1.82) is 0 Å². The lowest BCUT2D eigenvalue weighted by molar-refractivity contribution is 0.122. The van der Waals surface area contributed by atoms with Crippen LogP contribution < -0.4 is 30.7 Å². The molecule has 1 saturated heterocycles. The van der Waals surface area contributed by atoms with E-state index in [4.69, 9.17) is 24.9 Å². The second kappa shape index (κ2) is 11.5. The van der Waals surface area contributed by atoms with E-state index in [-0.39, 0.29) is 0 Å². The molecule has 0 bridgehead atoms. The van der Waals surface area contributed by atoms with E-state index in [0.29, 0.717) is 55.7 Å². The Kier molecular flexibility index (Phi) is 7.61. The molecule has 4 N–H and O–H groups in total. The molecule has 3 aliphatic rings. The van der Waals surface area contributed by atoms with Crippen LogP contribution in [0.2, 0.25) is 0 Å². The van der Waals surface area contributed by atoms with Crippen LogP contribution in [0.15, 0.2) is 77.1 Å². The summed E-state index contributed by atoms with van der Waals surface area (Å²) in [5.41, 5.74) is 9.52. The lowest BCUT2D eigenvalue weighted by Crippen LogP contribution is -2.48.